The molecule has 0 heterocycles. The number of aliphatic hydroxyl groups excluding tert-OH is 1. The van der Waals surface area contributed by atoms with Crippen LogP contribution in [-0.4, -0.2) is 11.2 Å². The van der Waals surface area contributed by atoms with Gasteiger partial charge in [-0.05, 0) is 73.0 Å². The summed E-state index contributed by atoms with van der Waals surface area (Å²) >= 11 is 3.50. The van der Waals surface area contributed by atoms with Crippen LogP contribution in [0, 0.1) is 29.6 Å². The summed E-state index contributed by atoms with van der Waals surface area (Å²) in [6.45, 7) is 0. The predicted molar refractivity (Wildman–Crippen MR) is 75.2 cm³/mol. The van der Waals surface area contributed by atoms with E-state index in [-0.39, 0.29) is 6.10 Å². The van der Waals surface area contributed by atoms with Gasteiger partial charge in [0.1, 0.15) is 0 Å². The Bertz CT molecular complexity index is 456. The summed E-state index contributed by atoms with van der Waals surface area (Å²) in [4.78, 5) is 0. The Kier molecular flexibility index (Phi) is 2.60. The van der Waals surface area contributed by atoms with Crippen LogP contribution in [0.2, 0.25) is 0 Å². The molecule has 2 bridgehead atoms. The van der Waals surface area contributed by atoms with Crippen LogP contribution in [0.4, 0.5) is 0 Å². The third kappa shape index (κ3) is 1.69. The Morgan fingerprint density at radius 3 is 2.61 bits per heavy atom. The number of aliphatic hydroxyl groups is 1. The van der Waals surface area contributed by atoms with Gasteiger partial charge in [0.15, 0.2) is 0 Å². The van der Waals surface area contributed by atoms with Gasteiger partial charge < -0.3 is 5.11 Å². The molecule has 2 heteroatoms. The summed E-state index contributed by atoms with van der Waals surface area (Å²) in [6, 6.07) is 8.36. The van der Waals surface area contributed by atoms with Crippen LogP contribution in [0.1, 0.15) is 24.8 Å². The standard InChI is InChI=1S/C16H19BrO/c17-12-3-1-2-9(6-12)7-13(18)16-14-10-4-5-11(8-10)15(14)16/h1-3,6,10-11,13-16,18H,4-5,7-8H2. The third-order valence-electron chi connectivity index (χ3n) is 5.57. The minimum atomic E-state index is -0.113. The Morgan fingerprint density at radius 2 is 1.94 bits per heavy atom. The molecule has 4 rings (SSSR count). The van der Waals surface area contributed by atoms with Crippen molar-refractivity contribution in [1.82, 2.24) is 0 Å². The van der Waals surface area contributed by atoms with Crippen molar-refractivity contribution in [3.05, 3.63) is 34.3 Å². The van der Waals surface area contributed by atoms with Crippen molar-refractivity contribution in [2.24, 2.45) is 29.6 Å². The first-order valence-electron chi connectivity index (χ1n) is 7.16. The fourth-order valence-electron chi connectivity index (χ4n) is 4.95. The normalized spacial score (nSPS) is 41.8. The van der Waals surface area contributed by atoms with E-state index in [0.717, 1.165) is 34.6 Å². The summed E-state index contributed by atoms with van der Waals surface area (Å²) < 4.78 is 1.11. The average molecular weight is 307 g/mol. The molecule has 3 aliphatic carbocycles. The van der Waals surface area contributed by atoms with E-state index in [1.807, 2.05) is 6.07 Å². The van der Waals surface area contributed by atoms with Crippen LogP contribution in [0.3, 0.4) is 0 Å². The molecule has 18 heavy (non-hydrogen) atoms. The molecular formula is C16H19BrO. The lowest BCUT2D eigenvalue weighted by molar-refractivity contribution is 0.128. The topological polar surface area (TPSA) is 20.2 Å². The molecule has 0 aromatic heterocycles. The number of hydrogen-bond acceptors (Lipinski definition) is 1. The van der Waals surface area contributed by atoms with Crippen molar-refractivity contribution in [1.29, 1.82) is 0 Å². The largest absolute Gasteiger partial charge is 0.392 e. The van der Waals surface area contributed by atoms with Crippen LogP contribution < -0.4 is 0 Å². The third-order valence-corrected chi connectivity index (χ3v) is 6.07. The highest BCUT2D eigenvalue weighted by molar-refractivity contribution is 9.10. The SMILES string of the molecule is OC(Cc1cccc(Br)c1)C1C2C3CCC(C3)C12. The van der Waals surface area contributed by atoms with Crippen molar-refractivity contribution < 1.29 is 5.11 Å². The molecule has 5 unspecified atom stereocenters. The second-order valence-electron chi connectivity index (χ2n) is 6.47. The lowest BCUT2D eigenvalue weighted by Crippen LogP contribution is -2.18. The Hall–Kier alpha value is -0.340. The van der Waals surface area contributed by atoms with Gasteiger partial charge in [-0.25, -0.2) is 0 Å². The molecule has 0 aliphatic heterocycles. The molecule has 96 valence electrons. The highest BCUT2D eigenvalue weighted by Gasteiger charge is 2.66. The van der Waals surface area contributed by atoms with E-state index in [1.165, 1.54) is 24.8 Å². The van der Waals surface area contributed by atoms with Gasteiger partial charge in [-0.2, -0.15) is 0 Å². The van der Waals surface area contributed by atoms with Gasteiger partial charge >= 0.3 is 0 Å². The zero-order valence-corrected chi connectivity index (χ0v) is 12.0. The second-order valence-corrected chi connectivity index (χ2v) is 7.38. The molecular weight excluding hydrogens is 288 g/mol. The van der Waals surface area contributed by atoms with Gasteiger partial charge in [-0.3, -0.25) is 0 Å². The molecule has 1 aromatic carbocycles. The highest BCUT2D eigenvalue weighted by atomic mass is 79.9. The van der Waals surface area contributed by atoms with Crippen molar-refractivity contribution in [3.63, 3.8) is 0 Å². The molecule has 0 radical (unpaired) electrons. The van der Waals surface area contributed by atoms with E-state index >= 15 is 0 Å². The summed E-state index contributed by atoms with van der Waals surface area (Å²) in [6.07, 6.45) is 5.06. The van der Waals surface area contributed by atoms with Crippen LogP contribution >= 0.6 is 15.9 Å². The van der Waals surface area contributed by atoms with E-state index in [1.54, 1.807) is 0 Å². The predicted octanol–water partition coefficient (Wildman–Crippen LogP) is 3.64. The summed E-state index contributed by atoms with van der Waals surface area (Å²) in [5, 5.41) is 10.5. The lowest BCUT2D eigenvalue weighted by Gasteiger charge is -2.15. The number of benzene rings is 1. The van der Waals surface area contributed by atoms with Crippen LogP contribution in [0.25, 0.3) is 0 Å². The minimum absolute atomic E-state index is 0.113. The number of halogens is 1. The zero-order valence-electron chi connectivity index (χ0n) is 10.4. The molecule has 1 nitrogen and oxygen atoms in total. The maximum absolute atomic E-state index is 10.5. The average Bonchev–Trinajstić information content (AvgIpc) is 2.79. The quantitative estimate of drug-likeness (QED) is 0.904. The van der Waals surface area contributed by atoms with E-state index in [4.69, 9.17) is 0 Å². The number of hydrogen-bond donors (Lipinski definition) is 1. The first kappa shape index (κ1) is 11.5. The molecule has 0 amide bonds. The lowest BCUT2D eigenvalue weighted by atomic mass is 9.95. The fourth-order valence-corrected chi connectivity index (χ4v) is 5.40. The smallest absolute Gasteiger partial charge is 0.0614 e. The van der Waals surface area contributed by atoms with Crippen LogP contribution in [-0.2, 0) is 6.42 Å². The van der Waals surface area contributed by atoms with Crippen molar-refractivity contribution in [2.75, 3.05) is 0 Å². The molecule has 3 aliphatic rings. The summed E-state index contributed by atoms with van der Waals surface area (Å²) in [5.74, 6) is 4.30. The van der Waals surface area contributed by atoms with Crippen LogP contribution in [0.15, 0.2) is 28.7 Å². The number of rotatable bonds is 3. The maximum Gasteiger partial charge on any atom is 0.0614 e. The molecule has 5 atom stereocenters. The van der Waals surface area contributed by atoms with E-state index in [2.05, 4.69) is 34.1 Å². The van der Waals surface area contributed by atoms with Gasteiger partial charge in [0.2, 0.25) is 0 Å². The van der Waals surface area contributed by atoms with Gasteiger partial charge in [-0.15, -0.1) is 0 Å². The fraction of sp³-hybridized carbons (Fsp3) is 0.625. The van der Waals surface area contributed by atoms with Crippen LogP contribution in [0.5, 0.6) is 0 Å². The Balaban J connectivity index is 1.45. The van der Waals surface area contributed by atoms with E-state index < -0.39 is 0 Å². The van der Waals surface area contributed by atoms with E-state index in [0.29, 0.717) is 5.92 Å². The molecule has 3 saturated carbocycles. The van der Waals surface area contributed by atoms with Gasteiger partial charge in [0.05, 0.1) is 6.10 Å². The molecule has 1 N–H and O–H groups in total. The van der Waals surface area contributed by atoms with Gasteiger partial charge in [0.25, 0.3) is 0 Å². The van der Waals surface area contributed by atoms with Gasteiger partial charge in [0, 0.05) is 4.47 Å². The first-order valence-corrected chi connectivity index (χ1v) is 7.96. The monoisotopic (exact) mass is 306 g/mol. The van der Waals surface area contributed by atoms with Crippen molar-refractivity contribution >= 4 is 15.9 Å². The Labute approximate surface area is 117 Å². The molecule has 0 saturated heterocycles. The van der Waals surface area contributed by atoms with Crippen molar-refractivity contribution in [2.45, 2.75) is 31.8 Å². The Morgan fingerprint density at radius 1 is 1.22 bits per heavy atom. The highest BCUT2D eigenvalue weighted by Crippen LogP contribution is 2.70. The second kappa shape index (κ2) is 4.08. The van der Waals surface area contributed by atoms with Crippen molar-refractivity contribution in [3.8, 4) is 0 Å². The molecule has 0 spiro atoms. The summed E-state index contributed by atoms with van der Waals surface area (Å²) in [7, 11) is 0. The molecule has 1 aromatic rings. The zero-order chi connectivity index (χ0) is 12.3. The molecule has 3 fully saturated rings. The summed E-state index contributed by atoms with van der Waals surface area (Å²) in [5.41, 5.74) is 1.26. The number of fused-ring (bicyclic) bond motifs is 5. The minimum Gasteiger partial charge on any atom is -0.392 e. The maximum atomic E-state index is 10.5. The van der Waals surface area contributed by atoms with Gasteiger partial charge in [-0.1, -0.05) is 28.1 Å². The first-order chi connectivity index (χ1) is 8.74. The van der Waals surface area contributed by atoms with E-state index in [9.17, 15) is 5.11 Å².